The van der Waals surface area contributed by atoms with E-state index >= 15 is 0 Å². The molecule has 1 fully saturated rings. The van der Waals surface area contributed by atoms with E-state index in [1.54, 1.807) is 21.9 Å². The molecule has 1 saturated heterocycles. The van der Waals surface area contributed by atoms with Gasteiger partial charge in [-0.2, -0.15) is 0 Å². The number of carbonyl (C=O) groups excluding carboxylic acids is 2. The number of carbonyl (C=O) groups is 2. The maximum Gasteiger partial charge on any atom is 0.289 e. The quantitative estimate of drug-likeness (QED) is 0.754. The SMILES string of the molecule is CC(=O)N1CCN(C(=O)c2ccc(N)o2)CC1. The highest BCUT2D eigenvalue weighted by Gasteiger charge is 2.24. The van der Waals surface area contributed by atoms with Gasteiger partial charge in [0.2, 0.25) is 5.91 Å². The second kappa shape index (κ2) is 4.48. The Hall–Kier alpha value is -1.98. The normalized spacial score (nSPS) is 16.1. The van der Waals surface area contributed by atoms with Crippen LogP contribution in [0.25, 0.3) is 0 Å². The Morgan fingerprint density at radius 2 is 1.76 bits per heavy atom. The third kappa shape index (κ3) is 2.41. The fourth-order valence-corrected chi connectivity index (χ4v) is 1.85. The van der Waals surface area contributed by atoms with Crippen molar-refractivity contribution < 1.29 is 14.0 Å². The average Bonchev–Trinajstić information content (AvgIpc) is 2.75. The number of anilines is 1. The molecule has 17 heavy (non-hydrogen) atoms. The van der Waals surface area contributed by atoms with E-state index in [-0.39, 0.29) is 23.5 Å². The van der Waals surface area contributed by atoms with Crippen molar-refractivity contribution in [3.05, 3.63) is 17.9 Å². The van der Waals surface area contributed by atoms with E-state index in [9.17, 15) is 9.59 Å². The van der Waals surface area contributed by atoms with Gasteiger partial charge in [-0.25, -0.2) is 0 Å². The molecule has 1 aliphatic rings. The summed E-state index contributed by atoms with van der Waals surface area (Å²) >= 11 is 0. The summed E-state index contributed by atoms with van der Waals surface area (Å²) in [5.41, 5.74) is 5.42. The minimum atomic E-state index is -0.176. The van der Waals surface area contributed by atoms with E-state index < -0.39 is 0 Å². The number of amides is 2. The first kappa shape index (κ1) is 11.5. The first-order valence-electron chi connectivity index (χ1n) is 5.48. The summed E-state index contributed by atoms with van der Waals surface area (Å²) in [7, 11) is 0. The number of nitrogens with two attached hydrogens (primary N) is 1. The van der Waals surface area contributed by atoms with Crippen LogP contribution >= 0.6 is 0 Å². The lowest BCUT2D eigenvalue weighted by Gasteiger charge is -2.33. The van der Waals surface area contributed by atoms with Crippen LogP contribution in [0.15, 0.2) is 16.5 Å². The van der Waals surface area contributed by atoms with Crippen molar-refractivity contribution in [2.45, 2.75) is 6.92 Å². The van der Waals surface area contributed by atoms with Crippen LogP contribution in [-0.2, 0) is 4.79 Å². The van der Waals surface area contributed by atoms with Crippen molar-refractivity contribution in [1.82, 2.24) is 9.80 Å². The number of rotatable bonds is 1. The van der Waals surface area contributed by atoms with Crippen molar-refractivity contribution in [2.24, 2.45) is 0 Å². The molecule has 92 valence electrons. The minimum absolute atomic E-state index is 0.0411. The Morgan fingerprint density at radius 1 is 1.18 bits per heavy atom. The molecule has 6 heteroatoms. The summed E-state index contributed by atoms with van der Waals surface area (Å²) in [5.74, 6) is 0.346. The summed E-state index contributed by atoms with van der Waals surface area (Å²) < 4.78 is 5.08. The fraction of sp³-hybridized carbons (Fsp3) is 0.455. The Balaban J connectivity index is 1.97. The predicted molar refractivity (Wildman–Crippen MR) is 61.3 cm³/mol. The first-order valence-corrected chi connectivity index (χ1v) is 5.48. The zero-order valence-electron chi connectivity index (χ0n) is 9.68. The summed E-state index contributed by atoms with van der Waals surface area (Å²) in [6, 6.07) is 3.12. The second-order valence-corrected chi connectivity index (χ2v) is 4.00. The monoisotopic (exact) mass is 237 g/mol. The van der Waals surface area contributed by atoms with Crippen LogP contribution in [0.3, 0.4) is 0 Å². The molecule has 0 bridgehead atoms. The zero-order chi connectivity index (χ0) is 12.4. The van der Waals surface area contributed by atoms with Crippen LogP contribution in [0.5, 0.6) is 0 Å². The predicted octanol–water partition coefficient (Wildman–Crippen LogP) is 0.166. The number of hydrogen-bond acceptors (Lipinski definition) is 4. The number of piperazine rings is 1. The second-order valence-electron chi connectivity index (χ2n) is 4.00. The molecule has 6 nitrogen and oxygen atoms in total. The van der Waals surface area contributed by atoms with Gasteiger partial charge in [0.1, 0.15) is 0 Å². The molecule has 0 atom stereocenters. The van der Waals surface area contributed by atoms with Crippen LogP contribution in [0, 0.1) is 0 Å². The Kier molecular flexibility index (Phi) is 3.03. The van der Waals surface area contributed by atoms with E-state index in [0.717, 1.165) is 0 Å². The summed E-state index contributed by atoms with van der Waals surface area (Å²) in [6.45, 7) is 3.72. The van der Waals surface area contributed by atoms with Crippen molar-refractivity contribution in [3.63, 3.8) is 0 Å². The van der Waals surface area contributed by atoms with E-state index in [2.05, 4.69) is 0 Å². The molecule has 2 N–H and O–H groups in total. The van der Waals surface area contributed by atoms with Crippen LogP contribution in [0.2, 0.25) is 0 Å². The van der Waals surface area contributed by atoms with Gasteiger partial charge in [0.05, 0.1) is 0 Å². The van der Waals surface area contributed by atoms with Crippen molar-refractivity contribution >= 4 is 17.7 Å². The number of nitrogens with zero attached hydrogens (tertiary/aromatic N) is 2. The molecule has 1 aliphatic heterocycles. The molecule has 0 spiro atoms. The smallest absolute Gasteiger partial charge is 0.289 e. The molecule has 0 unspecified atom stereocenters. The van der Waals surface area contributed by atoms with Gasteiger partial charge in [0.25, 0.3) is 5.91 Å². The van der Waals surface area contributed by atoms with Crippen LogP contribution in [-0.4, -0.2) is 47.8 Å². The van der Waals surface area contributed by atoms with Crippen LogP contribution in [0.4, 0.5) is 5.88 Å². The summed E-state index contributed by atoms with van der Waals surface area (Å²) in [4.78, 5) is 26.5. The largest absolute Gasteiger partial charge is 0.436 e. The fourth-order valence-electron chi connectivity index (χ4n) is 1.85. The lowest BCUT2D eigenvalue weighted by atomic mass is 10.3. The van der Waals surface area contributed by atoms with Gasteiger partial charge in [-0.1, -0.05) is 0 Å². The molecule has 1 aromatic heterocycles. The topological polar surface area (TPSA) is 79.8 Å². The maximum absolute atomic E-state index is 12.0. The average molecular weight is 237 g/mol. The van der Waals surface area contributed by atoms with Gasteiger partial charge in [-0.15, -0.1) is 0 Å². The Morgan fingerprint density at radius 3 is 2.24 bits per heavy atom. The molecule has 2 amide bonds. The van der Waals surface area contributed by atoms with Gasteiger partial charge in [-0.05, 0) is 6.07 Å². The minimum Gasteiger partial charge on any atom is -0.436 e. The summed E-state index contributed by atoms with van der Waals surface area (Å²) in [5, 5.41) is 0. The molecule has 2 heterocycles. The van der Waals surface area contributed by atoms with Crippen LogP contribution in [0.1, 0.15) is 17.5 Å². The Labute approximate surface area is 99.0 Å². The van der Waals surface area contributed by atoms with Gasteiger partial charge in [-0.3, -0.25) is 9.59 Å². The lowest BCUT2D eigenvalue weighted by molar-refractivity contribution is -0.130. The number of hydrogen-bond donors (Lipinski definition) is 1. The molecule has 2 rings (SSSR count). The third-order valence-corrected chi connectivity index (χ3v) is 2.85. The molecule has 0 radical (unpaired) electrons. The van der Waals surface area contributed by atoms with E-state index in [4.69, 9.17) is 10.2 Å². The van der Waals surface area contributed by atoms with Crippen molar-refractivity contribution in [1.29, 1.82) is 0 Å². The molecular weight excluding hydrogens is 222 g/mol. The molecule has 1 aromatic rings. The molecular formula is C11H15N3O3. The highest BCUT2D eigenvalue weighted by molar-refractivity contribution is 5.92. The number of furan rings is 1. The third-order valence-electron chi connectivity index (χ3n) is 2.85. The van der Waals surface area contributed by atoms with Gasteiger partial charge < -0.3 is 20.0 Å². The van der Waals surface area contributed by atoms with Crippen molar-refractivity contribution in [2.75, 3.05) is 31.9 Å². The van der Waals surface area contributed by atoms with E-state index in [0.29, 0.717) is 26.2 Å². The number of nitrogen functional groups attached to an aromatic ring is 1. The van der Waals surface area contributed by atoms with Gasteiger partial charge in [0, 0.05) is 39.2 Å². The van der Waals surface area contributed by atoms with Crippen molar-refractivity contribution in [3.8, 4) is 0 Å². The van der Waals surface area contributed by atoms with Crippen LogP contribution < -0.4 is 5.73 Å². The van der Waals surface area contributed by atoms with E-state index in [1.807, 2.05) is 0 Å². The lowest BCUT2D eigenvalue weighted by Crippen LogP contribution is -2.50. The highest BCUT2D eigenvalue weighted by Crippen LogP contribution is 2.13. The van der Waals surface area contributed by atoms with Gasteiger partial charge >= 0.3 is 0 Å². The molecule has 0 aromatic carbocycles. The first-order chi connectivity index (χ1) is 8.08. The molecule has 0 aliphatic carbocycles. The zero-order valence-corrected chi connectivity index (χ0v) is 9.68. The standard InChI is InChI=1S/C11H15N3O3/c1-8(15)13-4-6-14(7-5-13)11(16)9-2-3-10(12)17-9/h2-3H,4-7,12H2,1H3. The molecule has 0 saturated carbocycles. The highest BCUT2D eigenvalue weighted by atomic mass is 16.4. The van der Waals surface area contributed by atoms with E-state index in [1.165, 1.54) is 6.92 Å². The van der Waals surface area contributed by atoms with Gasteiger partial charge in [0.15, 0.2) is 11.6 Å². The summed E-state index contributed by atoms with van der Waals surface area (Å²) in [6.07, 6.45) is 0. The maximum atomic E-state index is 12.0. The Bertz CT molecular complexity index is 433.